The summed E-state index contributed by atoms with van der Waals surface area (Å²) in [6, 6.07) is 5.04. The summed E-state index contributed by atoms with van der Waals surface area (Å²) in [5.74, 6) is 0.0524. The molecule has 2 aliphatic heterocycles. The van der Waals surface area contributed by atoms with Crippen LogP contribution >= 0.6 is 0 Å². The van der Waals surface area contributed by atoms with Crippen LogP contribution in [0, 0.1) is 11.7 Å². The molecule has 2 heterocycles. The van der Waals surface area contributed by atoms with Crippen molar-refractivity contribution in [3.05, 3.63) is 30.1 Å². The monoisotopic (exact) mass is 356 g/mol. The van der Waals surface area contributed by atoms with E-state index in [2.05, 4.69) is 11.9 Å². The molecule has 1 aromatic carbocycles. The second-order valence-electron chi connectivity index (χ2n) is 6.89. The number of piperidine rings is 1. The van der Waals surface area contributed by atoms with Gasteiger partial charge in [-0.25, -0.2) is 12.8 Å². The lowest BCUT2D eigenvalue weighted by atomic mass is 9.77. The van der Waals surface area contributed by atoms with E-state index in [-0.39, 0.29) is 10.4 Å². The van der Waals surface area contributed by atoms with Crippen LogP contribution in [-0.4, -0.2) is 63.1 Å². The second-order valence-corrected chi connectivity index (χ2v) is 8.83. The lowest BCUT2D eigenvalue weighted by Gasteiger charge is -2.57. The van der Waals surface area contributed by atoms with Crippen molar-refractivity contribution in [3.8, 4) is 0 Å². The number of rotatable bonds is 5. The van der Waals surface area contributed by atoms with Gasteiger partial charge in [0.25, 0.3) is 0 Å². The van der Waals surface area contributed by atoms with Gasteiger partial charge in [0, 0.05) is 31.8 Å². The van der Waals surface area contributed by atoms with Crippen LogP contribution < -0.4 is 0 Å². The quantitative estimate of drug-likeness (QED) is 0.809. The molecule has 2 saturated heterocycles. The molecule has 1 aromatic rings. The predicted octanol–water partition coefficient (Wildman–Crippen LogP) is 1.95. The molecule has 0 aliphatic carbocycles. The van der Waals surface area contributed by atoms with Crippen LogP contribution in [0.3, 0.4) is 0 Å². The van der Waals surface area contributed by atoms with Gasteiger partial charge in [0.1, 0.15) is 5.82 Å². The van der Waals surface area contributed by atoms with E-state index in [1.165, 1.54) is 28.6 Å². The molecular weight excluding hydrogens is 331 g/mol. The fraction of sp³-hybridized carbons (Fsp3) is 0.647. The van der Waals surface area contributed by atoms with Gasteiger partial charge in [-0.2, -0.15) is 4.31 Å². The minimum absolute atomic E-state index is 0.0902. The van der Waals surface area contributed by atoms with Crippen LogP contribution in [-0.2, 0) is 14.8 Å². The highest BCUT2D eigenvalue weighted by atomic mass is 32.2. The van der Waals surface area contributed by atoms with E-state index in [0.29, 0.717) is 25.6 Å². The zero-order valence-electron chi connectivity index (χ0n) is 14.2. The van der Waals surface area contributed by atoms with E-state index in [9.17, 15) is 12.8 Å². The third-order valence-corrected chi connectivity index (χ3v) is 7.11. The first-order valence-electron chi connectivity index (χ1n) is 8.42. The van der Waals surface area contributed by atoms with Crippen molar-refractivity contribution in [2.24, 2.45) is 5.92 Å². The van der Waals surface area contributed by atoms with Crippen LogP contribution in [0.2, 0.25) is 0 Å². The first-order valence-corrected chi connectivity index (χ1v) is 9.86. The van der Waals surface area contributed by atoms with Crippen LogP contribution in [0.4, 0.5) is 4.39 Å². The summed E-state index contributed by atoms with van der Waals surface area (Å²) in [5, 5.41) is 0. The van der Waals surface area contributed by atoms with Crippen molar-refractivity contribution in [1.29, 1.82) is 0 Å². The highest BCUT2D eigenvalue weighted by Crippen LogP contribution is 2.40. The molecule has 2 aliphatic rings. The van der Waals surface area contributed by atoms with Gasteiger partial charge < -0.3 is 4.74 Å². The Kier molecular flexibility index (Phi) is 4.97. The van der Waals surface area contributed by atoms with Crippen LogP contribution in [0.5, 0.6) is 0 Å². The van der Waals surface area contributed by atoms with Crippen LogP contribution in [0.15, 0.2) is 29.2 Å². The molecular formula is C17H25FN2O3S. The Morgan fingerprint density at radius 1 is 1.29 bits per heavy atom. The number of hydrogen-bond acceptors (Lipinski definition) is 4. The summed E-state index contributed by atoms with van der Waals surface area (Å²) in [4.78, 5) is 2.44. The molecule has 3 rings (SSSR count). The zero-order chi connectivity index (χ0) is 17.4. The van der Waals surface area contributed by atoms with E-state index in [1.807, 2.05) is 6.92 Å². The number of halogens is 1. The van der Waals surface area contributed by atoms with E-state index >= 15 is 0 Å². The maximum absolute atomic E-state index is 13.0. The minimum atomic E-state index is -3.54. The summed E-state index contributed by atoms with van der Waals surface area (Å²) in [6.45, 7) is 5.39. The third kappa shape index (κ3) is 3.22. The minimum Gasteiger partial charge on any atom is -0.381 e. The molecule has 0 aromatic heterocycles. The van der Waals surface area contributed by atoms with Crippen molar-refractivity contribution >= 4 is 10.0 Å². The van der Waals surface area contributed by atoms with Crippen molar-refractivity contribution < 1.29 is 17.5 Å². The average molecular weight is 356 g/mol. The van der Waals surface area contributed by atoms with Crippen LogP contribution in [0.1, 0.15) is 19.8 Å². The second kappa shape index (κ2) is 6.71. The Balaban J connectivity index is 1.69. The number of likely N-dealkylation sites (N-methyl/N-ethyl adjacent to an activating group) is 1. The maximum atomic E-state index is 13.0. The normalized spacial score (nSPS) is 24.9. The Morgan fingerprint density at radius 2 is 1.96 bits per heavy atom. The molecule has 0 N–H and O–H groups in total. The van der Waals surface area contributed by atoms with Crippen molar-refractivity contribution in [2.45, 2.75) is 30.2 Å². The summed E-state index contributed by atoms with van der Waals surface area (Å²) >= 11 is 0. The average Bonchev–Trinajstić information content (AvgIpc) is 2.52. The third-order valence-electron chi connectivity index (χ3n) is 5.30. The molecule has 0 saturated carbocycles. The number of hydrogen-bond donors (Lipinski definition) is 0. The van der Waals surface area contributed by atoms with Crippen LogP contribution in [0.25, 0.3) is 0 Å². The van der Waals surface area contributed by atoms with Gasteiger partial charge in [0.05, 0.1) is 4.90 Å². The number of ether oxygens (including phenoxy) is 1. The highest BCUT2D eigenvalue weighted by molar-refractivity contribution is 7.89. The molecule has 0 radical (unpaired) electrons. The number of sulfonamides is 1. The van der Waals surface area contributed by atoms with E-state index in [1.54, 1.807) is 0 Å². The van der Waals surface area contributed by atoms with E-state index in [4.69, 9.17) is 4.74 Å². The van der Waals surface area contributed by atoms with Gasteiger partial charge in [-0.1, -0.05) is 0 Å². The predicted molar refractivity (Wildman–Crippen MR) is 89.7 cm³/mol. The fourth-order valence-electron chi connectivity index (χ4n) is 3.74. The molecule has 24 heavy (non-hydrogen) atoms. The van der Waals surface area contributed by atoms with E-state index in [0.717, 1.165) is 26.0 Å². The molecule has 134 valence electrons. The summed E-state index contributed by atoms with van der Waals surface area (Å²) in [7, 11) is -1.48. The lowest BCUT2D eigenvalue weighted by molar-refractivity contribution is -0.0576. The van der Waals surface area contributed by atoms with Crippen molar-refractivity contribution in [1.82, 2.24) is 9.21 Å². The van der Waals surface area contributed by atoms with Gasteiger partial charge >= 0.3 is 0 Å². The first kappa shape index (κ1) is 17.8. The topological polar surface area (TPSA) is 49.9 Å². The van der Waals surface area contributed by atoms with Gasteiger partial charge in [0.2, 0.25) is 10.0 Å². The SMILES string of the molecule is CCOC[C@@H]1CCN(C)C2(C1)CN(S(=O)(=O)c1ccc(F)cc1)C2. The number of benzene rings is 1. The fourth-order valence-corrected chi connectivity index (χ4v) is 5.34. The van der Waals surface area contributed by atoms with Gasteiger partial charge in [-0.3, -0.25) is 4.90 Å². The standard InChI is InChI=1S/C17H25FN2O3S/c1-3-23-11-14-8-9-19(2)17(10-14)12-20(13-17)24(21,22)16-6-4-15(18)5-7-16/h4-7,14H,3,8-13H2,1-2H3/t14-/m1/s1. The number of likely N-dealkylation sites (tertiary alicyclic amines) is 1. The van der Waals surface area contributed by atoms with Gasteiger partial charge in [0.15, 0.2) is 0 Å². The maximum Gasteiger partial charge on any atom is 0.243 e. The Bertz CT molecular complexity index is 670. The smallest absolute Gasteiger partial charge is 0.243 e. The van der Waals surface area contributed by atoms with E-state index < -0.39 is 15.8 Å². The molecule has 5 nitrogen and oxygen atoms in total. The molecule has 2 fully saturated rings. The van der Waals surface area contributed by atoms with Gasteiger partial charge in [-0.05, 0) is 63.5 Å². The molecule has 0 bridgehead atoms. The lowest BCUT2D eigenvalue weighted by Crippen LogP contribution is -2.72. The molecule has 7 heteroatoms. The van der Waals surface area contributed by atoms with Gasteiger partial charge in [-0.15, -0.1) is 0 Å². The molecule has 1 atom stereocenters. The first-order chi connectivity index (χ1) is 11.4. The highest BCUT2D eigenvalue weighted by Gasteiger charge is 2.53. The Morgan fingerprint density at radius 3 is 2.58 bits per heavy atom. The molecule has 0 amide bonds. The zero-order valence-corrected chi connectivity index (χ0v) is 15.1. The summed E-state index contributed by atoms with van der Waals surface area (Å²) < 4.78 is 45.4. The summed E-state index contributed by atoms with van der Waals surface area (Å²) in [6.07, 6.45) is 2.04. The Labute approximate surface area is 143 Å². The number of nitrogens with zero attached hydrogens (tertiary/aromatic N) is 2. The molecule has 1 spiro atoms. The molecule has 0 unspecified atom stereocenters. The Hall–Kier alpha value is -1.02. The van der Waals surface area contributed by atoms with Crippen molar-refractivity contribution in [2.75, 3.05) is 39.9 Å². The largest absolute Gasteiger partial charge is 0.381 e. The van der Waals surface area contributed by atoms with Crippen molar-refractivity contribution in [3.63, 3.8) is 0 Å². The summed E-state index contributed by atoms with van der Waals surface area (Å²) in [5.41, 5.74) is -0.0902.